The first-order valence-corrected chi connectivity index (χ1v) is 5.18. The molecule has 0 atom stereocenters. The Morgan fingerprint density at radius 1 is 1.53 bits per heavy atom. The van der Waals surface area contributed by atoms with Crippen LogP contribution in [0.2, 0.25) is 0 Å². The van der Waals surface area contributed by atoms with Crippen molar-refractivity contribution in [3.8, 4) is 0 Å². The third kappa shape index (κ3) is 3.01. The second kappa shape index (κ2) is 5.40. The van der Waals surface area contributed by atoms with Crippen molar-refractivity contribution in [2.75, 3.05) is 20.1 Å². The fourth-order valence-electron chi connectivity index (χ4n) is 1.45. The van der Waals surface area contributed by atoms with Crippen LogP contribution in [0.15, 0.2) is 18.2 Å². The molecule has 92 valence electrons. The summed E-state index contributed by atoms with van der Waals surface area (Å²) in [6.07, 6.45) is 0. The number of likely N-dealkylation sites (N-methyl/N-ethyl adjacent to an activating group) is 1. The SMILES string of the molecule is Cc1ccc([N+](=O)[O-])cc1C(=O)N(C)CCN. The molecule has 1 aromatic rings. The number of nitrogens with two attached hydrogens (primary N) is 1. The molecule has 0 saturated heterocycles. The van der Waals surface area contributed by atoms with Crippen molar-refractivity contribution in [1.82, 2.24) is 4.90 Å². The van der Waals surface area contributed by atoms with Crippen molar-refractivity contribution >= 4 is 11.6 Å². The highest BCUT2D eigenvalue weighted by Gasteiger charge is 2.17. The highest BCUT2D eigenvalue weighted by Crippen LogP contribution is 2.18. The number of benzene rings is 1. The predicted molar refractivity (Wildman–Crippen MR) is 63.8 cm³/mol. The maximum absolute atomic E-state index is 12.0. The average Bonchev–Trinajstić information content (AvgIpc) is 2.28. The summed E-state index contributed by atoms with van der Waals surface area (Å²) in [5, 5.41) is 10.6. The Morgan fingerprint density at radius 2 is 2.18 bits per heavy atom. The van der Waals surface area contributed by atoms with Crippen LogP contribution < -0.4 is 5.73 Å². The molecule has 6 heteroatoms. The van der Waals surface area contributed by atoms with Crippen LogP contribution in [0.4, 0.5) is 5.69 Å². The number of carbonyl (C=O) groups is 1. The number of amides is 1. The van der Waals surface area contributed by atoms with Gasteiger partial charge in [-0.3, -0.25) is 14.9 Å². The van der Waals surface area contributed by atoms with Gasteiger partial charge in [0.15, 0.2) is 0 Å². The highest BCUT2D eigenvalue weighted by molar-refractivity contribution is 5.96. The molecular weight excluding hydrogens is 222 g/mol. The zero-order valence-corrected chi connectivity index (χ0v) is 9.84. The number of hydrogen-bond donors (Lipinski definition) is 1. The van der Waals surface area contributed by atoms with Crippen LogP contribution >= 0.6 is 0 Å². The molecular formula is C11H15N3O3. The van der Waals surface area contributed by atoms with Crippen molar-refractivity contribution in [3.05, 3.63) is 39.4 Å². The minimum absolute atomic E-state index is 0.0832. The predicted octanol–water partition coefficient (Wildman–Crippen LogP) is 0.934. The minimum atomic E-state index is -0.515. The van der Waals surface area contributed by atoms with E-state index in [0.29, 0.717) is 24.2 Å². The third-order valence-electron chi connectivity index (χ3n) is 2.47. The van der Waals surface area contributed by atoms with Gasteiger partial charge in [0.05, 0.1) is 4.92 Å². The van der Waals surface area contributed by atoms with E-state index in [1.165, 1.54) is 17.0 Å². The molecule has 0 aliphatic rings. The van der Waals surface area contributed by atoms with Gasteiger partial charge in [0.25, 0.3) is 11.6 Å². The topological polar surface area (TPSA) is 89.5 Å². The van der Waals surface area contributed by atoms with Gasteiger partial charge in [-0.2, -0.15) is 0 Å². The zero-order valence-electron chi connectivity index (χ0n) is 9.84. The van der Waals surface area contributed by atoms with Crippen LogP contribution in [0.1, 0.15) is 15.9 Å². The molecule has 6 nitrogen and oxygen atoms in total. The molecule has 2 N–H and O–H groups in total. The first-order valence-electron chi connectivity index (χ1n) is 5.18. The summed E-state index contributed by atoms with van der Waals surface area (Å²) >= 11 is 0. The quantitative estimate of drug-likeness (QED) is 0.623. The highest BCUT2D eigenvalue weighted by atomic mass is 16.6. The van der Waals surface area contributed by atoms with Gasteiger partial charge >= 0.3 is 0 Å². The number of aryl methyl sites for hydroxylation is 1. The van der Waals surface area contributed by atoms with Crippen LogP contribution in [0.3, 0.4) is 0 Å². The van der Waals surface area contributed by atoms with Crippen molar-refractivity contribution in [3.63, 3.8) is 0 Å². The largest absolute Gasteiger partial charge is 0.340 e. The van der Waals surface area contributed by atoms with E-state index in [1.54, 1.807) is 20.0 Å². The van der Waals surface area contributed by atoms with Crippen LogP contribution in [-0.4, -0.2) is 35.9 Å². The van der Waals surface area contributed by atoms with Crippen LogP contribution in [0, 0.1) is 17.0 Å². The van der Waals surface area contributed by atoms with E-state index in [-0.39, 0.29) is 11.6 Å². The molecule has 0 aliphatic heterocycles. The van der Waals surface area contributed by atoms with E-state index in [0.717, 1.165) is 0 Å². The molecule has 0 aliphatic carbocycles. The van der Waals surface area contributed by atoms with Gasteiger partial charge in [0.2, 0.25) is 0 Å². The van der Waals surface area contributed by atoms with E-state index >= 15 is 0 Å². The Labute approximate surface area is 99.2 Å². The zero-order chi connectivity index (χ0) is 13.0. The normalized spacial score (nSPS) is 10.1. The van der Waals surface area contributed by atoms with E-state index in [2.05, 4.69) is 0 Å². The van der Waals surface area contributed by atoms with Crippen molar-refractivity contribution in [2.24, 2.45) is 5.73 Å². The van der Waals surface area contributed by atoms with E-state index < -0.39 is 4.92 Å². The third-order valence-corrected chi connectivity index (χ3v) is 2.47. The Morgan fingerprint density at radius 3 is 2.71 bits per heavy atom. The molecule has 1 aromatic carbocycles. The number of nitrogens with zero attached hydrogens (tertiary/aromatic N) is 2. The Kier molecular flexibility index (Phi) is 4.17. The molecule has 0 heterocycles. The summed E-state index contributed by atoms with van der Waals surface area (Å²) in [5.41, 5.74) is 6.33. The smallest absolute Gasteiger partial charge is 0.270 e. The molecule has 0 bridgehead atoms. The van der Waals surface area contributed by atoms with E-state index in [9.17, 15) is 14.9 Å². The summed E-state index contributed by atoms with van der Waals surface area (Å²) < 4.78 is 0. The number of hydrogen-bond acceptors (Lipinski definition) is 4. The second-order valence-corrected chi connectivity index (χ2v) is 3.77. The number of nitro groups is 1. The lowest BCUT2D eigenvalue weighted by Crippen LogP contribution is -2.32. The van der Waals surface area contributed by atoms with Crippen molar-refractivity contribution < 1.29 is 9.72 Å². The van der Waals surface area contributed by atoms with Gasteiger partial charge < -0.3 is 10.6 Å². The number of carbonyl (C=O) groups excluding carboxylic acids is 1. The molecule has 0 saturated carbocycles. The molecule has 0 aromatic heterocycles. The minimum Gasteiger partial charge on any atom is -0.340 e. The summed E-state index contributed by atoms with van der Waals surface area (Å²) in [5.74, 6) is -0.253. The van der Waals surface area contributed by atoms with Crippen LogP contribution in [0.5, 0.6) is 0 Å². The second-order valence-electron chi connectivity index (χ2n) is 3.77. The molecule has 17 heavy (non-hydrogen) atoms. The molecule has 0 spiro atoms. The van der Waals surface area contributed by atoms with Gasteiger partial charge in [-0.25, -0.2) is 0 Å². The van der Waals surface area contributed by atoms with Gasteiger partial charge in [-0.1, -0.05) is 6.07 Å². The Balaban J connectivity index is 3.07. The Hall–Kier alpha value is -1.95. The lowest BCUT2D eigenvalue weighted by atomic mass is 10.1. The van der Waals surface area contributed by atoms with Gasteiger partial charge in [0.1, 0.15) is 0 Å². The molecule has 0 fully saturated rings. The molecule has 1 rings (SSSR count). The molecule has 0 unspecified atom stereocenters. The van der Waals surface area contributed by atoms with Crippen molar-refractivity contribution in [2.45, 2.75) is 6.92 Å². The van der Waals surface area contributed by atoms with Crippen LogP contribution in [-0.2, 0) is 0 Å². The van der Waals surface area contributed by atoms with Crippen molar-refractivity contribution in [1.29, 1.82) is 0 Å². The van der Waals surface area contributed by atoms with Gasteiger partial charge in [0, 0.05) is 37.8 Å². The summed E-state index contributed by atoms with van der Waals surface area (Å²) in [4.78, 5) is 23.6. The lowest BCUT2D eigenvalue weighted by molar-refractivity contribution is -0.384. The molecule has 1 amide bonds. The fraction of sp³-hybridized carbons (Fsp3) is 0.364. The average molecular weight is 237 g/mol. The monoisotopic (exact) mass is 237 g/mol. The summed E-state index contributed by atoms with van der Waals surface area (Å²) in [7, 11) is 1.62. The fourth-order valence-corrected chi connectivity index (χ4v) is 1.45. The van der Waals surface area contributed by atoms with Crippen LogP contribution in [0.25, 0.3) is 0 Å². The van der Waals surface area contributed by atoms with Gasteiger partial charge in [-0.05, 0) is 12.5 Å². The van der Waals surface area contributed by atoms with E-state index in [1.807, 2.05) is 0 Å². The maximum atomic E-state index is 12.0. The summed E-state index contributed by atoms with van der Waals surface area (Å²) in [6, 6.07) is 4.25. The summed E-state index contributed by atoms with van der Waals surface area (Å²) in [6.45, 7) is 2.52. The number of rotatable bonds is 4. The Bertz CT molecular complexity index is 446. The standard InChI is InChI=1S/C11H15N3O3/c1-8-3-4-9(14(16)17)7-10(8)11(15)13(2)6-5-12/h3-4,7H,5-6,12H2,1-2H3. The maximum Gasteiger partial charge on any atom is 0.270 e. The number of nitro benzene ring substituents is 1. The number of non-ortho nitro benzene ring substituents is 1. The first kappa shape index (κ1) is 13.1. The molecule has 0 radical (unpaired) electrons. The van der Waals surface area contributed by atoms with E-state index in [4.69, 9.17) is 5.73 Å². The van der Waals surface area contributed by atoms with Gasteiger partial charge in [-0.15, -0.1) is 0 Å². The lowest BCUT2D eigenvalue weighted by Gasteiger charge is -2.17. The first-order chi connectivity index (χ1) is 7.97.